The maximum absolute atomic E-state index is 14.7. The van der Waals surface area contributed by atoms with Crippen LogP contribution >= 0.6 is 11.9 Å². The summed E-state index contributed by atoms with van der Waals surface area (Å²) in [5.74, 6) is -0.691. The van der Waals surface area contributed by atoms with Crippen LogP contribution in [0.1, 0.15) is 11.1 Å². The summed E-state index contributed by atoms with van der Waals surface area (Å²) < 4.78 is 56.5. The second-order valence-corrected chi connectivity index (χ2v) is 7.93. The van der Waals surface area contributed by atoms with E-state index in [1.165, 1.54) is 6.92 Å². The number of hydrogen-bond acceptors (Lipinski definition) is 4. The molecule has 0 unspecified atom stereocenters. The highest BCUT2D eigenvalue weighted by atomic mass is 32.2. The lowest BCUT2D eigenvalue weighted by atomic mass is 10.0. The molecule has 0 bridgehead atoms. The zero-order chi connectivity index (χ0) is 20.8. The van der Waals surface area contributed by atoms with E-state index in [0.29, 0.717) is 10.9 Å². The van der Waals surface area contributed by atoms with Crippen molar-refractivity contribution in [3.05, 3.63) is 47.3 Å². The van der Waals surface area contributed by atoms with Crippen molar-refractivity contribution in [2.75, 3.05) is 37.3 Å². The zero-order valence-corrected chi connectivity index (χ0v) is 16.8. The largest absolute Gasteiger partial charge is 0.416 e. The summed E-state index contributed by atoms with van der Waals surface area (Å²) in [6.45, 7) is 4.99. The number of nitrogens with one attached hydrogen (secondary N) is 1. The van der Waals surface area contributed by atoms with Crippen LogP contribution in [0.4, 0.5) is 23.2 Å². The molecule has 154 valence electrons. The number of fused-ring (bicyclic) bond motifs is 1. The number of anilines is 1. The van der Waals surface area contributed by atoms with Gasteiger partial charge in [0.2, 0.25) is 0 Å². The topological polar surface area (TPSA) is 35.2 Å². The molecule has 0 radical (unpaired) electrons. The third-order valence-electron chi connectivity index (χ3n) is 5.25. The smallest absolute Gasteiger partial charge is 0.369 e. The van der Waals surface area contributed by atoms with Crippen molar-refractivity contribution >= 4 is 28.5 Å². The highest BCUT2D eigenvalue weighted by Gasteiger charge is 2.32. The molecule has 1 aliphatic heterocycles. The summed E-state index contributed by atoms with van der Waals surface area (Å²) in [6, 6.07) is 7.26. The Labute approximate surface area is 170 Å². The minimum Gasteiger partial charge on any atom is -0.369 e. The minimum atomic E-state index is -4.55. The predicted octanol–water partition coefficient (Wildman–Crippen LogP) is 5.10. The van der Waals surface area contributed by atoms with Crippen molar-refractivity contribution in [2.45, 2.75) is 13.1 Å². The lowest BCUT2D eigenvalue weighted by Crippen LogP contribution is -2.43. The van der Waals surface area contributed by atoms with Crippen molar-refractivity contribution < 1.29 is 17.6 Å². The second-order valence-electron chi connectivity index (χ2n) is 7.05. The van der Waals surface area contributed by atoms with Crippen LogP contribution in [0.3, 0.4) is 0 Å². The van der Waals surface area contributed by atoms with Crippen molar-refractivity contribution in [1.29, 1.82) is 0 Å². The van der Waals surface area contributed by atoms with Gasteiger partial charge in [-0.2, -0.15) is 18.3 Å². The Kier molecular flexibility index (Phi) is 5.20. The molecule has 0 atom stereocenters. The molecule has 1 aromatic heterocycles. The van der Waals surface area contributed by atoms with Gasteiger partial charge in [-0.1, -0.05) is 11.9 Å². The van der Waals surface area contributed by atoms with Gasteiger partial charge in [-0.05, 0) is 49.1 Å². The number of piperazine rings is 1. The summed E-state index contributed by atoms with van der Waals surface area (Å²) in [4.78, 5) is 2.25. The number of nitrogens with zero attached hydrogens (tertiary/aromatic N) is 3. The first-order chi connectivity index (χ1) is 13.8. The standard InChI is InChI=1S/C20H20F4N4S/c1-12-9-13(20(22,23)24)10-16(18(12)21)19-15-4-3-14(11-17(15)25-26-19)27-5-7-28(29-2)8-6-27/h3-4,9-11H,5-8H2,1-2H3,(H,25,26). The third kappa shape index (κ3) is 3.81. The first kappa shape index (κ1) is 20.0. The predicted molar refractivity (Wildman–Crippen MR) is 109 cm³/mol. The number of benzene rings is 2. The highest BCUT2D eigenvalue weighted by Crippen LogP contribution is 2.37. The molecule has 9 heteroatoms. The monoisotopic (exact) mass is 424 g/mol. The van der Waals surface area contributed by atoms with E-state index >= 15 is 0 Å². The van der Waals surface area contributed by atoms with Crippen LogP contribution in [-0.2, 0) is 6.18 Å². The molecule has 0 spiro atoms. The molecule has 1 fully saturated rings. The number of aryl methyl sites for hydroxylation is 1. The quantitative estimate of drug-likeness (QED) is 0.469. The van der Waals surface area contributed by atoms with E-state index in [-0.39, 0.29) is 16.8 Å². The van der Waals surface area contributed by atoms with E-state index in [2.05, 4.69) is 25.7 Å². The fourth-order valence-electron chi connectivity index (χ4n) is 3.64. The minimum absolute atomic E-state index is 0.0609. The molecular formula is C20H20F4N4S. The van der Waals surface area contributed by atoms with Gasteiger partial charge < -0.3 is 4.90 Å². The Morgan fingerprint density at radius 1 is 1.07 bits per heavy atom. The van der Waals surface area contributed by atoms with E-state index in [4.69, 9.17) is 0 Å². The highest BCUT2D eigenvalue weighted by molar-refractivity contribution is 7.96. The van der Waals surface area contributed by atoms with Gasteiger partial charge in [0, 0.05) is 42.8 Å². The lowest BCUT2D eigenvalue weighted by Gasteiger charge is -2.34. The molecule has 1 saturated heterocycles. The molecule has 4 nitrogen and oxygen atoms in total. The molecule has 0 aliphatic carbocycles. The fraction of sp³-hybridized carbons (Fsp3) is 0.350. The Morgan fingerprint density at radius 2 is 1.79 bits per heavy atom. The Bertz CT molecular complexity index is 1040. The van der Waals surface area contributed by atoms with Crippen molar-refractivity contribution in [3.8, 4) is 11.3 Å². The molecule has 1 N–H and O–H groups in total. The molecule has 4 rings (SSSR count). The summed E-state index contributed by atoms with van der Waals surface area (Å²) >= 11 is 1.73. The maximum Gasteiger partial charge on any atom is 0.416 e. The summed E-state index contributed by atoms with van der Waals surface area (Å²) in [7, 11) is 0. The van der Waals surface area contributed by atoms with Gasteiger partial charge in [-0.3, -0.25) is 5.10 Å². The van der Waals surface area contributed by atoms with Gasteiger partial charge in [0.25, 0.3) is 0 Å². The third-order valence-corrected chi connectivity index (χ3v) is 6.13. The second kappa shape index (κ2) is 7.53. The fourth-order valence-corrected chi connectivity index (χ4v) is 4.17. The number of hydrogen-bond donors (Lipinski definition) is 1. The van der Waals surface area contributed by atoms with Gasteiger partial charge >= 0.3 is 6.18 Å². The average Bonchev–Trinajstić information content (AvgIpc) is 3.12. The van der Waals surface area contributed by atoms with E-state index in [1.54, 1.807) is 18.0 Å². The summed E-state index contributed by atoms with van der Waals surface area (Å²) in [6.07, 6.45) is -2.49. The van der Waals surface area contributed by atoms with Crippen LogP contribution < -0.4 is 4.90 Å². The van der Waals surface area contributed by atoms with Crippen LogP contribution in [0.15, 0.2) is 30.3 Å². The Balaban J connectivity index is 1.71. The number of alkyl halides is 3. The van der Waals surface area contributed by atoms with Crippen LogP contribution in [0.2, 0.25) is 0 Å². The number of aromatic amines is 1. The summed E-state index contributed by atoms with van der Waals surface area (Å²) in [5.41, 5.74) is 0.767. The maximum atomic E-state index is 14.7. The van der Waals surface area contributed by atoms with Crippen LogP contribution in [0, 0.1) is 12.7 Å². The van der Waals surface area contributed by atoms with Gasteiger partial charge in [0.05, 0.1) is 11.1 Å². The zero-order valence-electron chi connectivity index (χ0n) is 16.0. The molecule has 2 aromatic carbocycles. The van der Waals surface area contributed by atoms with Crippen LogP contribution in [0.5, 0.6) is 0 Å². The molecule has 3 aromatic rings. The van der Waals surface area contributed by atoms with Crippen molar-refractivity contribution in [2.24, 2.45) is 0 Å². The van der Waals surface area contributed by atoms with Crippen LogP contribution in [0.25, 0.3) is 22.2 Å². The SMILES string of the molecule is CSN1CCN(c2ccc3c(-c4cc(C(F)(F)F)cc(C)c4F)n[nH]c3c2)CC1. The molecule has 0 amide bonds. The summed E-state index contributed by atoms with van der Waals surface area (Å²) in [5, 5.41) is 7.58. The van der Waals surface area contributed by atoms with Crippen LogP contribution in [-0.4, -0.2) is 46.9 Å². The van der Waals surface area contributed by atoms with Gasteiger partial charge in [-0.15, -0.1) is 0 Å². The number of H-pyrrole nitrogens is 1. The molecule has 2 heterocycles. The Hall–Kier alpha value is -2.26. The lowest BCUT2D eigenvalue weighted by molar-refractivity contribution is -0.137. The number of aromatic nitrogens is 2. The normalized spacial score (nSPS) is 16.0. The molecular weight excluding hydrogens is 404 g/mol. The molecule has 29 heavy (non-hydrogen) atoms. The van der Waals surface area contributed by atoms with Crippen molar-refractivity contribution in [3.63, 3.8) is 0 Å². The van der Waals surface area contributed by atoms with Gasteiger partial charge in [0.15, 0.2) is 0 Å². The molecule has 1 aliphatic rings. The van der Waals surface area contributed by atoms with Gasteiger partial charge in [0.1, 0.15) is 11.5 Å². The van der Waals surface area contributed by atoms with E-state index in [9.17, 15) is 17.6 Å². The first-order valence-corrected chi connectivity index (χ1v) is 10.4. The van der Waals surface area contributed by atoms with Gasteiger partial charge in [-0.25, -0.2) is 8.70 Å². The number of rotatable bonds is 3. The Morgan fingerprint density at radius 3 is 2.45 bits per heavy atom. The first-order valence-electron chi connectivity index (χ1n) is 9.18. The van der Waals surface area contributed by atoms with E-state index in [1.807, 2.05) is 12.1 Å². The van der Waals surface area contributed by atoms with E-state index in [0.717, 1.165) is 44.0 Å². The average molecular weight is 424 g/mol. The van der Waals surface area contributed by atoms with Crippen molar-refractivity contribution in [1.82, 2.24) is 14.5 Å². The van der Waals surface area contributed by atoms with E-state index < -0.39 is 17.6 Å². The molecule has 0 saturated carbocycles. The number of halogens is 4.